The highest BCUT2D eigenvalue weighted by Crippen LogP contribution is 2.23. The van der Waals surface area contributed by atoms with Gasteiger partial charge in [0.05, 0.1) is 0 Å². The molecule has 2 rings (SSSR count). The molecule has 0 bridgehead atoms. The fraction of sp³-hybridized carbons (Fsp3) is 0.400. The summed E-state index contributed by atoms with van der Waals surface area (Å²) in [6.07, 6.45) is 1.96. The number of hydrogen-bond donors (Lipinski definition) is 2. The number of nitrogens with one attached hydrogen (secondary N) is 2. The van der Waals surface area contributed by atoms with Crippen LogP contribution in [-0.2, 0) is 6.54 Å². The zero-order valence-corrected chi connectivity index (χ0v) is 11.3. The molecule has 0 saturated heterocycles. The van der Waals surface area contributed by atoms with Crippen LogP contribution < -0.4 is 10.6 Å². The van der Waals surface area contributed by atoms with Crippen molar-refractivity contribution in [1.29, 1.82) is 0 Å². The van der Waals surface area contributed by atoms with Crippen LogP contribution in [0.4, 0.5) is 5.82 Å². The first-order valence-electron chi connectivity index (χ1n) is 6.47. The topological polar surface area (TPSA) is 37.0 Å². The van der Waals surface area contributed by atoms with Gasteiger partial charge in [0.2, 0.25) is 0 Å². The summed E-state index contributed by atoms with van der Waals surface area (Å²) < 4.78 is 0. The van der Waals surface area contributed by atoms with Crippen LogP contribution in [0.5, 0.6) is 0 Å². The van der Waals surface area contributed by atoms with Gasteiger partial charge in [0, 0.05) is 25.2 Å². The molecule has 96 valence electrons. The standard InChI is InChI=1S/C15H21N3/c1-11(2)8-17-9-12-10-18-15(16-3)14-7-5-4-6-13(12)14/h4-7,10-11,17H,8-9H2,1-3H3,(H,16,18). The number of rotatable bonds is 5. The number of anilines is 1. The van der Waals surface area contributed by atoms with Gasteiger partial charge >= 0.3 is 0 Å². The minimum Gasteiger partial charge on any atom is -0.373 e. The zero-order valence-electron chi connectivity index (χ0n) is 11.3. The van der Waals surface area contributed by atoms with Gasteiger partial charge in [0.1, 0.15) is 5.82 Å². The Morgan fingerprint density at radius 2 is 1.89 bits per heavy atom. The molecule has 1 heterocycles. The second-order valence-electron chi connectivity index (χ2n) is 4.95. The van der Waals surface area contributed by atoms with E-state index in [9.17, 15) is 0 Å². The third kappa shape index (κ3) is 2.79. The predicted molar refractivity (Wildman–Crippen MR) is 77.8 cm³/mol. The van der Waals surface area contributed by atoms with Gasteiger partial charge in [-0.3, -0.25) is 0 Å². The van der Waals surface area contributed by atoms with E-state index >= 15 is 0 Å². The van der Waals surface area contributed by atoms with Crippen molar-refractivity contribution < 1.29 is 0 Å². The van der Waals surface area contributed by atoms with E-state index in [1.165, 1.54) is 16.3 Å². The average Bonchev–Trinajstić information content (AvgIpc) is 2.38. The number of benzene rings is 1. The first-order chi connectivity index (χ1) is 8.72. The fourth-order valence-electron chi connectivity index (χ4n) is 2.09. The first kappa shape index (κ1) is 12.8. The van der Waals surface area contributed by atoms with Crippen molar-refractivity contribution in [2.24, 2.45) is 5.92 Å². The van der Waals surface area contributed by atoms with Gasteiger partial charge in [-0.1, -0.05) is 38.1 Å². The molecule has 1 aromatic carbocycles. The van der Waals surface area contributed by atoms with Crippen LogP contribution in [0, 0.1) is 5.92 Å². The van der Waals surface area contributed by atoms with Crippen LogP contribution in [-0.4, -0.2) is 18.6 Å². The molecule has 2 N–H and O–H groups in total. The van der Waals surface area contributed by atoms with Crippen molar-refractivity contribution >= 4 is 16.6 Å². The van der Waals surface area contributed by atoms with E-state index < -0.39 is 0 Å². The van der Waals surface area contributed by atoms with E-state index in [0.717, 1.165) is 18.9 Å². The maximum Gasteiger partial charge on any atom is 0.133 e. The van der Waals surface area contributed by atoms with E-state index in [-0.39, 0.29) is 0 Å². The predicted octanol–water partition coefficient (Wildman–Crippen LogP) is 3.02. The largest absolute Gasteiger partial charge is 0.373 e. The fourth-order valence-corrected chi connectivity index (χ4v) is 2.09. The van der Waals surface area contributed by atoms with E-state index in [0.29, 0.717) is 5.92 Å². The smallest absolute Gasteiger partial charge is 0.133 e. The van der Waals surface area contributed by atoms with E-state index in [1.54, 1.807) is 0 Å². The van der Waals surface area contributed by atoms with E-state index in [1.807, 2.05) is 13.2 Å². The first-order valence-corrected chi connectivity index (χ1v) is 6.47. The highest BCUT2D eigenvalue weighted by atomic mass is 15.0. The monoisotopic (exact) mass is 243 g/mol. The summed E-state index contributed by atoms with van der Waals surface area (Å²) in [6.45, 7) is 6.33. The average molecular weight is 243 g/mol. The molecule has 0 atom stereocenters. The Morgan fingerprint density at radius 1 is 1.17 bits per heavy atom. The molecule has 3 heteroatoms. The van der Waals surface area contributed by atoms with Gasteiger partial charge < -0.3 is 10.6 Å². The van der Waals surface area contributed by atoms with Gasteiger partial charge in [0.15, 0.2) is 0 Å². The maximum atomic E-state index is 4.47. The summed E-state index contributed by atoms with van der Waals surface area (Å²) in [5.74, 6) is 1.61. The molecule has 0 amide bonds. The molecule has 1 aromatic heterocycles. The van der Waals surface area contributed by atoms with Gasteiger partial charge in [0.25, 0.3) is 0 Å². The van der Waals surface area contributed by atoms with Crippen molar-refractivity contribution in [2.45, 2.75) is 20.4 Å². The van der Waals surface area contributed by atoms with Crippen molar-refractivity contribution in [3.8, 4) is 0 Å². The SMILES string of the molecule is CNc1ncc(CNCC(C)C)c2ccccc12. The second kappa shape index (κ2) is 5.83. The molecule has 3 nitrogen and oxygen atoms in total. The van der Waals surface area contributed by atoms with Crippen LogP contribution in [0.2, 0.25) is 0 Å². The van der Waals surface area contributed by atoms with Crippen molar-refractivity contribution in [1.82, 2.24) is 10.3 Å². The van der Waals surface area contributed by atoms with Crippen LogP contribution in [0.3, 0.4) is 0 Å². The normalized spacial score (nSPS) is 11.1. The highest BCUT2D eigenvalue weighted by molar-refractivity contribution is 5.93. The van der Waals surface area contributed by atoms with Crippen LogP contribution in [0.15, 0.2) is 30.5 Å². The molecule has 0 aliphatic heterocycles. The number of hydrogen-bond acceptors (Lipinski definition) is 3. The van der Waals surface area contributed by atoms with Crippen molar-refractivity contribution in [3.63, 3.8) is 0 Å². The number of aromatic nitrogens is 1. The lowest BCUT2D eigenvalue weighted by atomic mass is 10.1. The quantitative estimate of drug-likeness (QED) is 0.847. The van der Waals surface area contributed by atoms with Crippen LogP contribution >= 0.6 is 0 Å². The molecule has 0 aliphatic carbocycles. The highest BCUT2D eigenvalue weighted by Gasteiger charge is 2.05. The Bertz CT molecular complexity index is 520. The second-order valence-corrected chi connectivity index (χ2v) is 4.95. The van der Waals surface area contributed by atoms with Gasteiger partial charge in [-0.05, 0) is 23.4 Å². The third-order valence-corrected chi connectivity index (χ3v) is 2.98. The zero-order chi connectivity index (χ0) is 13.0. The van der Waals surface area contributed by atoms with E-state index in [2.05, 4.69) is 53.7 Å². The summed E-state index contributed by atoms with van der Waals surface area (Å²) in [4.78, 5) is 4.47. The third-order valence-electron chi connectivity index (χ3n) is 2.98. The minimum absolute atomic E-state index is 0.667. The lowest BCUT2D eigenvalue weighted by Crippen LogP contribution is -2.19. The lowest BCUT2D eigenvalue weighted by Gasteiger charge is -2.11. The van der Waals surface area contributed by atoms with E-state index in [4.69, 9.17) is 0 Å². The van der Waals surface area contributed by atoms with Gasteiger partial charge in [-0.25, -0.2) is 4.98 Å². The summed E-state index contributed by atoms with van der Waals surface area (Å²) in [7, 11) is 1.91. The summed E-state index contributed by atoms with van der Waals surface area (Å²) in [6, 6.07) is 8.40. The Morgan fingerprint density at radius 3 is 2.56 bits per heavy atom. The van der Waals surface area contributed by atoms with Gasteiger partial charge in [-0.2, -0.15) is 0 Å². The molecule has 18 heavy (non-hydrogen) atoms. The van der Waals surface area contributed by atoms with Crippen molar-refractivity contribution in [3.05, 3.63) is 36.0 Å². The van der Waals surface area contributed by atoms with Crippen LogP contribution in [0.25, 0.3) is 10.8 Å². The number of pyridine rings is 1. The molecule has 2 aromatic rings. The summed E-state index contributed by atoms with van der Waals surface area (Å²) in [5.41, 5.74) is 1.25. The molecular formula is C15H21N3. The molecule has 0 radical (unpaired) electrons. The molecule has 0 spiro atoms. The minimum atomic E-state index is 0.667. The maximum absolute atomic E-state index is 4.47. The summed E-state index contributed by atoms with van der Waals surface area (Å²) in [5, 5.41) is 9.07. The lowest BCUT2D eigenvalue weighted by molar-refractivity contribution is 0.553. The number of nitrogens with zero attached hydrogens (tertiary/aromatic N) is 1. The molecule has 0 saturated carbocycles. The van der Waals surface area contributed by atoms with Gasteiger partial charge in [-0.15, -0.1) is 0 Å². The van der Waals surface area contributed by atoms with Crippen LogP contribution in [0.1, 0.15) is 19.4 Å². The number of fused-ring (bicyclic) bond motifs is 1. The van der Waals surface area contributed by atoms with Crippen molar-refractivity contribution in [2.75, 3.05) is 18.9 Å². The molecule has 0 aliphatic rings. The Labute approximate surface area is 109 Å². The Balaban J connectivity index is 2.28. The Kier molecular flexibility index (Phi) is 4.15. The summed E-state index contributed by atoms with van der Waals surface area (Å²) >= 11 is 0. The molecule has 0 fully saturated rings. The Hall–Kier alpha value is -1.61. The molecular weight excluding hydrogens is 222 g/mol. The molecule has 0 unspecified atom stereocenters.